The van der Waals surface area contributed by atoms with E-state index in [4.69, 9.17) is 9.47 Å². The number of ether oxygens (including phenoxy) is 2. The first kappa shape index (κ1) is 9.92. The van der Waals surface area contributed by atoms with Gasteiger partial charge in [-0.25, -0.2) is 0 Å². The van der Waals surface area contributed by atoms with E-state index >= 15 is 0 Å². The average Bonchev–Trinajstić information content (AvgIpc) is 2.95. The van der Waals surface area contributed by atoms with Gasteiger partial charge in [0.1, 0.15) is 18.0 Å². The Morgan fingerprint density at radius 2 is 2.40 bits per heavy atom. The number of hydrogen-bond acceptors (Lipinski definition) is 4. The van der Waals surface area contributed by atoms with Gasteiger partial charge < -0.3 is 9.47 Å². The number of nitro groups is 1. The molecular weight excluding hydrogens is 198 g/mol. The summed E-state index contributed by atoms with van der Waals surface area (Å²) >= 11 is 0. The van der Waals surface area contributed by atoms with Crippen molar-refractivity contribution in [3.05, 3.63) is 34.4 Å². The monoisotopic (exact) mass is 209 g/mol. The molecule has 0 saturated carbocycles. The summed E-state index contributed by atoms with van der Waals surface area (Å²) in [6.07, 6.45) is 0. The summed E-state index contributed by atoms with van der Waals surface area (Å²) in [5, 5.41) is 10.5. The van der Waals surface area contributed by atoms with Crippen LogP contribution in [0.2, 0.25) is 0 Å². The first-order chi connectivity index (χ1) is 7.09. The van der Waals surface area contributed by atoms with Crippen LogP contribution in [0.25, 0.3) is 0 Å². The molecule has 1 unspecified atom stereocenters. The summed E-state index contributed by atoms with van der Waals surface area (Å²) in [7, 11) is 0. The van der Waals surface area contributed by atoms with Gasteiger partial charge in [-0.2, -0.15) is 0 Å². The number of hydrogen-bond donors (Lipinski definition) is 0. The minimum absolute atomic E-state index is 0.0365. The largest absolute Gasteiger partial charge is 0.490 e. The molecule has 0 amide bonds. The molecule has 0 aliphatic carbocycles. The van der Waals surface area contributed by atoms with Gasteiger partial charge in [-0.3, -0.25) is 10.1 Å². The Balaban J connectivity index is 2.01. The molecule has 1 aromatic rings. The molecule has 80 valence electrons. The standard InChI is InChI=1S/C10H11NO4/c1-10(7-15-10)6-14-9-4-2-3-8(5-9)11(12)13/h2-5H,6-7H2,1H3. The lowest BCUT2D eigenvalue weighted by molar-refractivity contribution is -0.384. The van der Waals surface area contributed by atoms with Gasteiger partial charge in [0.15, 0.2) is 0 Å². The van der Waals surface area contributed by atoms with Crippen molar-refractivity contribution in [2.45, 2.75) is 12.5 Å². The first-order valence-corrected chi connectivity index (χ1v) is 4.60. The predicted molar refractivity (Wildman–Crippen MR) is 52.9 cm³/mol. The molecule has 15 heavy (non-hydrogen) atoms. The third-order valence-corrected chi connectivity index (χ3v) is 2.21. The molecule has 2 rings (SSSR count). The van der Waals surface area contributed by atoms with E-state index in [1.54, 1.807) is 12.1 Å². The maximum Gasteiger partial charge on any atom is 0.273 e. The smallest absolute Gasteiger partial charge is 0.273 e. The van der Waals surface area contributed by atoms with Crippen molar-refractivity contribution >= 4 is 5.69 Å². The normalized spacial score (nSPS) is 23.5. The van der Waals surface area contributed by atoms with Crippen molar-refractivity contribution in [1.82, 2.24) is 0 Å². The van der Waals surface area contributed by atoms with Gasteiger partial charge in [0.05, 0.1) is 17.6 Å². The molecule has 1 atom stereocenters. The topological polar surface area (TPSA) is 64.9 Å². The lowest BCUT2D eigenvalue weighted by Crippen LogP contribution is -2.16. The van der Waals surface area contributed by atoms with Gasteiger partial charge in [-0.1, -0.05) is 6.07 Å². The third-order valence-electron chi connectivity index (χ3n) is 2.21. The Labute approximate surface area is 86.8 Å². The van der Waals surface area contributed by atoms with E-state index in [0.29, 0.717) is 19.0 Å². The van der Waals surface area contributed by atoms with Gasteiger partial charge in [0.25, 0.3) is 5.69 Å². The van der Waals surface area contributed by atoms with E-state index in [2.05, 4.69) is 0 Å². The maximum atomic E-state index is 10.5. The highest BCUT2D eigenvalue weighted by atomic mass is 16.6. The van der Waals surface area contributed by atoms with Crippen LogP contribution >= 0.6 is 0 Å². The Morgan fingerprint density at radius 1 is 1.67 bits per heavy atom. The fourth-order valence-corrected chi connectivity index (χ4v) is 1.13. The summed E-state index contributed by atoms with van der Waals surface area (Å²) in [6, 6.07) is 6.14. The SMILES string of the molecule is CC1(COc2cccc([N+](=O)[O-])c2)CO1. The van der Waals surface area contributed by atoms with Crippen molar-refractivity contribution in [2.24, 2.45) is 0 Å². The second kappa shape index (κ2) is 3.51. The zero-order valence-electron chi connectivity index (χ0n) is 8.30. The van der Waals surface area contributed by atoms with Gasteiger partial charge in [-0.15, -0.1) is 0 Å². The molecule has 1 aromatic carbocycles. The van der Waals surface area contributed by atoms with E-state index in [-0.39, 0.29) is 11.3 Å². The molecule has 0 aromatic heterocycles. The molecule has 0 bridgehead atoms. The number of nitrogens with zero attached hydrogens (tertiary/aromatic N) is 1. The molecule has 1 saturated heterocycles. The average molecular weight is 209 g/mol. The van der Waals surface area contributed by atoms with Crippen LogP contribution in [0.5, 0.6) is 5.75 Å². The number of epoxide rings is 1. The highest BCUT2D eigenvalue weighted by Gasteiger charge is 2.40. The first-order valence-electron chi connectivity index (χ1n) is 4.60. The van der Waals surface area contributed by atoms with Crippen LogP contribution in [0, 0.1) is 10.1 Å². The highest BCUT2D eigenvalue weighted by Crippen LogP contribution is 2.27. The van der Waals surface area contributed by atoms with Crippen LogP contribution in [-0.4, -0.2) is 23.7 Å². The fraction of sp³-hybridized carbons (Fsp3) is 0.400. The molecule has 0 spiro atoms. The Bertz CT molecular complexity index is 387. The van der Waals surface area contributed by atoms with Gasteiger partial charge in [0, 0.05) is 6.07 Å². The van der Waals surface area contributed by atoms with E-state index in [1.165, 1.54) is 12.1 Å². The van der Waals surface area contributed by atoms with Crippen molar-refractivity contribution in [3.8, 4) is 5.75 Å². The Hall–Kier alpha value is -1.62. The molecule has 1 aliphatic heterocycles. The molecule has 0 radical (unpaired) electrons. The van der Waals surface area contributed by atoms with Crippen molar-refractivity contribution in [3.63, 3.8) is 0 Å². The second-order valence-electron chi connectivity index (χ2n) is 3.78. The molecule has 0 N–H and O–H groups in total. The number of benzene rings is 1. The summed E-state index contributed by atoms with van der Waals surface area (Å²) in [5.41, 5.74) is -0.167. The molecule has 5 heteroatoms. The van der Waals surface area contributed by atoms with Gasteiger partial charge in [0.2, 0.25) is 0 Å². The molecule has 1 aliphatic rings. The molecular formula is C10H11NO4. The molecule has 1 fully saturated rings. The van der Waals surface area contributed by atoms with Crippen molar-refractivity contribution < 1.29 is 14.4 Å². The number of nitro benzene ring substituents is 1. The minimum Gasteiger partial charge on any atom is -0.490 e. The highest BCUT2D eigenvalue weighted by molar-refractivity contribution is 5.38. The molecule has 5 nitrogen and oxygen atoms in total. The van der Waals surface area contributed by atoms with Crippen molar-refractivity contribution in [2.75, 3.05) is 13.2 Å². The summed E-state index contributed by atoms with van der Waals surface area (Å²) in [6.45, 7) is 3.04. The van der Waals surface area contributed by atoms with Crippen LogP contribution in [0.4, 0.5) is 5.69 Å². The van der Waals surface area contributed by atoms with Gasteiger partial charge >= 0.3 is 0 Å². The number of non-ortho nitro benzene ring substituents is 1. The van der Waals surface area contributed by atoms with Crippen LogP contribution < -0.4 is 4.74 Å². The third kappa shape index (κ3) is 2.44. The van der Waals surface area contributed by atoms with Crippen LogP contribution in [0.15, 0.2) is 24.3 Å². The predicted octanol–water partition coefficient (Wildman–Crippen LogP) is 1.76. The fourth-order valence-electron chi connectivity index (χ4n) is 1.13. The summed E-state index contributed by atoms with van der Waals surface area (Å²) in [4.78, 5) is 10.0. The minimum atomic E-state index is -0.442. The summed E-state index contributed by atoms with van der Waals surface area (Å²) in [5.74, 6) is 0.501. The summed E-state index contributed by atoms with van der Waals surface area (Å²) < 4.78 is 10.5. The van der Waals surface area contributed by atoms with Gasteiger partial charge in [-0.05, 0) is 13.0 Å². The second-order valence-corrected chi connectivity index (χ2v) is 3.78. The van der Waals surface area contributed by atoms with E-state index in [9.17, 15) is 10.1 Å². The number of rotatable bonds is 4. The lowest BCUT2D eigenvalue weighted by Gasteiger charge is -2.07. The van der Waals surface area contributed by atoms with E-state index in [0.717, 1.165) is 0 Å². The zero-order valence-corrected chi connectivity index (χ0v) is 8.30. The van der Waals surface area contributed by atoms with Crippen molar-refractivity contribution in [1.29, 1.82) is 0 Å². The van der Waals surface area contributed by atoms with Crippen LogP contribution in [-0.2, 0) is 4.74 Å². The Morgan fingerprint density at radius 3 is 3.00 bits per heavy atom. The Kier molecular flexibility index (Phi) is 2.32. The lowest BCUT2D eigenvalue weighted by atomic mass is 10.2. The van der Waals surface area contributed by atoms with Crippen LogP contribution in [0.1, 0.15) is 6.92 Å². The zero-order chi connectivity index (χ0) is 10.9. The maximum absolute atomic E-state index is 10.5. The van der Waals surface area contributed by atoms with E-state index in [1.807, 2.05) is 6.92 Å². The van der Waals surface area contributed by atoms with E-state index < -0.39 is 4.92 Å². The quantitative estimate of drug-likeness (QED) is 0.430. The van der Waals surface area contributed by atoms with Crippen LogP contribution in [0.3, 0.4) is 0 Å². The molecule has 1 heterocycles.